The third kappa shape index (κ3) is 1.61. The van der Waals surface area contributed by atoms with Crippen molar-refractivity contribution in [3.05, 3.63) is 18.2 Å². The van der Waals surface area contributed by atoms with Crippen LogP contribution in [0.1, 0.15) is 10.6 Å². The van der Waals surface area contributed by atoms with E-state index in [4.69, 9.17) is 5.11 Å². The van der Waals surface area contributed by atoms with Gasteiger partial charge in [-0.3, -0.25) is 0 Å². The van der Waals surface area contributed by atoms with Crippen molar-refractivity contribution < 1.29 is 18.3 Å². The molecule has 14 heavy (non-hydrogen) atoms. The first kappa shape index (κ1) is 10.7. The molecule has 0 spiro atoms. The highest BCUT2D eigenvalue weighted by Crippen LogP contribution is 2.05. The van der Waals surface area contributed by atoms with Crippen LogP contribution in [0, 0.1) is 0 Å². The molecule has 8 heteroatoms. The van der Waals surface area contributed by atoms with E-state index in [1.54, 1.807) is 0 Å². The Morgan fingerprint density at radius 1 is 1.57 bits per heavy atom. The second-order valence-corrected chi connectivity index (χ2v) is 4.66. The quantitative estimate of drug-likeness (QED) is 0.721. The molecule has 0 radical (unpaired) electrons. The van der Waals surface area contributed by atoms with Gasteiger partial charge in [-0.05, 0) is 0 Å². The normalized spacial score (nSPS) is 11.9. The van der Waals surface area contributed by atoms with Gasteiger partial charge in [0.2, 0.25) is 5.82 Å². The van der Waals surface area contributed by atoms with Gasteiger partial charge in [-0.1, -0.05) is 0 Å². The number of rotatable bonds is 3. The van der Waals surface area contributed by atoms with Crippen molar-refractivity contribution in [2.24, 2.45) is 0 Å². The van der Waals surface area contributed by atoms with Crippen LogP contribution in [0.5, 0.6) is 0 Å². The number of hydrogen-bond acceptors (Lipinski definition) is 4. The molecule has 0 unspecified atom stereocenters. The van der Waals surface area contributed by atoms with Crippen LogP contribution < -0.4 is 0 Å². The van der Waals surface area contributed by atoms with Crippen LogP contribution in [0.25, 0.3) is 0 Å². The summed E-state index contributed by atoms with van der Waals surface area (Å²) in [5.41, 5.74) is 0. The predicted molar refractivity (Wildman–Crippen MR) is 47.2 cm³/mol. The van der Waals surface area contributed by atoms with E-state index >= 15 is 0 Å². The van der Waals surface area contributed by atoms with Crippen LogP contribution in [0.4, 0.5) is 0 Å². The molecule has 0 amide bonds. The molecule has 0 fully saturated rings. The largest absolute Gasteiger partial charge is 0.475 e. The Morgan fingerprint density at radius 2 is 2.14 bits per heavy atom. The summed E-state index contributed by atoms with van der Waals surface area (Å²) in [4.78, 5) is 14.0. The summed E-state index contributed by atoms with van der Waals surface area (Å²) < 4.78 is 24.5. The molecule has 78 valence electrons. The monoisotopic (exact) mass is 219 g/mol. The third-order valence-corrected chi connectivity index (χ3v) is 3.22. The topological polar surface area (TPSA) is 92.5 Å². The molecule has 0 aliphatic rings. The second-order valence-electron chi connectivity index (χ2n) is 2.64. The van der Waals surface area contributed by atoms with Gasteiger partial charge >= 0.3 is 16.2 Å². The summed E-state index contributed by atoms with van der Waals surface area (Å²) >= 11 is 0. The van der Waals surface area contributed by atoms with Gasteiger partial charge in [-0.15, -0.1) is 0 Å². The number of carboxylic acid groups (broad SMARTS) is 1. The van der Waals surface area contributed by atoms with Gasteiger partial charge in [-0.25, -0.2) is 13.8 Å². The number of aromatic carboxylic acids is 1. The van der Waals surface area contributed by atoms with E-state index in [0.29, 0.717) is 3.97 Å². The minimum Gasteiger partial charge on any atom is -0.475 e. The summed E-state index contributed by atoms with van der Waals surface area (Å²) in [6.07, 6.45) is 2.20. The Morgan fingerprint density at radius 3 is 2.57 bits per heavy atom. The Bertz CT molecular complexity index is 447. The zero-order chi connectivity index (χ0) is 10.9. The van der Waals surface area contributed by atoms with Crippen LogP contribution in [-0.4, -0.2) is 46.9 Å². The average molecular weight is 219 g/mol. The molecule has 0 aliphatic carbocycles. The average Bonchev–Trinajstić information content (AvgIpc) is 2.51. The van der Waals surface area contributed by atoms with Crippen molar-refractivity contribution in [2.75, 3.05) is 14.1 Å². The zero-order valence-corrected chi connectivity index (χ0v) is 8.39. The number of carbonyl (C=O) groups is 1. The minimum atomic E-state index is -3.80. The standard InChI is InChI=1S/C6H9N3O4S/c1-8(2)14(12,13)9-4-3-7-5(9)6(10)11/h3-4H,1-2H3,(H,10,11). The highest BCUT2D eigenvalue weighted by Gasteiger charge is 2.23. The molecule has 7 nitrogen and oxygen atoms in total. The lowest BCUT2D eigenvalue weighted by molar-refractivity contribution is 0.0682. The maximum absolute atomic E-state index is 11.5. The lowest BCUT2D eigenvalue weighted by atomic mass is 10.6. The molecule has 0 saturated heterocycles. The van der Waals surface area contributed by atoms with Crippen LogP contribution in [0.2, 0.25) is 0 Å². The van der Waals surface area contributed by atoms with E-state index in [-0.39, 0.29) is 0 Å². The third-order valence-electron chi connectivity index (χ3n) is 1.51. The summed E-state index contributed by atoms with van der Waals surface area (Å²) in [6, 6.07) is 0. The fourth-order valence-electron chi connectivity index (χ4n) is 0.804. The van der Waals surface area contributed by atoms with E-state index < -0.39 is 22.0 Å². The molecule has 0 aliphatic heterocycles. The lowest BCUT2D eigenvalue weighted by Crippen LogP contribution is -2.30. The number of hydrogen-bond donors (Lipinski definition) is 1. The lowest BCUT2D eigenvalue weighted by Gasteiger charge is -2.12. The maximum atomic E-state index is 11.5. The molecule has 0 saturated carbocycles. The van der Waals surface area contributed by atoms with Crippen molar-refractivity contribution in [2.45, 2.75) is 0 Å². The second kappa shape index (κ2) is 3.39. The molecule has 1 rings (SSSR count). The van der Waals surface area contributed by atoms with Crippen LogP contribution >= 0.6 is 0 Å². The molecular weight excluding hydrogens is 210 g/mol. The van der Waals surface area contributed by atoms with Crippen LogP contribution in [0.15, 0.2) is 12.4 Å². The molecule has 1 N–H and O–H groups in total. The minimum absolute atomic E-state index is 0.529. The number of aromatic nitrogens is 2. The van der Waals surface area contributed by atoms with Gasteiger partial charge in [0.25, 0.3) is 0 Å². The summed E-state index contributed by atoms with van der Waals surface area (Å²) in [6.45, 7) is 0. The van der Waals surface area contributed by atoms with Crippen LogP contribution in [0.3, 0.4) is 0 Å². The fourth-order valence-corrected chi connectivity index (χ4v) is 1.71. The highest BCUT2D eigenvalue weighted by molar-refractivity contribution is 7.87. The first-order valence-corrected chi connectivity index (χ1v) is 4.96. The SMILES string of the molecule is CN(C)S(=O)(=O)n1ccnc1C(=O)O. The summed E-state index contributed by atoms with van der Waals surface area (Å²) in [5.74, 6) is -1.92. The van der Waals surface area contributed by atoms with E-state index in [1.807, 2.05) is 0 Å². The van der Waals surface area contributed by atoms with Crippen molar-refractivity contribution >= 4 is 16.2 Å². The Hall–Kier alpha value is -1.41. The van der Waals surface area contributed by atoms with Gasteiger partial charge < -0.3 is 5.11 Å². The molecule has 1 aromatic rings. The molecule has 0 atom stereocenters. The number of imidazole rings is 1. The van der Waals surface area contributed by atoms with Crippen molar-refractivity contribution in [3.8, 4) is 0 Å². The van der Waals surface area contributed by atoms with E-state index in [0.717, 1.165) is 16.7 Å². The Kier molecular flexibility index (Phi) is 2.58. The van der Waals surface area contributed by atoms with Gasteiger partial charge in [0.15, 0.2) is 0 Å². The molecule has 1 heterocycles. The predicted octanol–water partition coefficient (Wildman–Crippen LogP) is -0.764. The van der Waals surface area contributed by atoms with Gasteiger partial charge in [0.1, 0.15) is 0 Å². The van der Waals surface area contributed by atoms with Crippen molar-refractivity contribution in [1.82, 2.24) is 13.3 Å². The van der Waals surface area contributed by atoms with Gasteiger partial charge in [-0.2, -0.15) is 12.7 Å². The molecule has 0 aromatic carbocycles. The first-order chi connectivity index (χ1) is 6.37. The fraction of sp³-hybridized carbons (Fsp3) is 0.333. The highest BCUT2D eigenvalue weighted by atomic mass is 32.2. The number of nitrogens with zero attached hydrogens (tertiary/aromatic N) is 3. The summed E-state index contributed by atoms with van der Waals surface area (Å²) in [5, 5.41) is 8.63. The Balaban J connectivity index is 3.34. The van der Waals surface area contributed by atoms with E-state index in [1.165, 1.54) is 14.1 Å². The summed E-state index contributed by atoms with van der Waals surface area (Å²) in [7, 11) is -1.19. The molecular formula is C6H9N3O4S. The van der Waals surface area contributed by atoms with Crippen molar-refractivity contribution in [1.29, 1.82) is 0 Å². The molecule has 1 aromatic heterocycles. The van der Waals surface area contributed by atoms with Gasteiger partial charge in [0.05, 0.1) is 0 Å². The van der Waals surface area contributed by atoms with Gasteiger partial charge in [0, 0.05) is 26.5 Å². The maximum Gasteiger partial charge on any atom is 0.373 e. The van der Waals surface area contributed by atoms with Crippen molar-refractivity contribution in [3.63, 3.8) is 0 Å². The smallest absolute Gasteiger partial charge is 0.373 e. The number of carboxylic acids is 1. The first-order valence-electron chi connectivity index (χ1n) is 3.57. The zero-order valence-electron chi connectivity index (χ0n) is 7.58. The van der Waals surface area contributed by atoms with E-state index in [9.17, 15) is 13.2 Å². The van der Waals surface area contributed by atoms with E-state index in [2.05, 4.69) is 4.98 Å². The van der Waals surface area contributed by atoms with Crippen LogP contribution in [-0.2, 0) is 10.2 Å². The Labute approximate surface area is 80.8 Å². The molecule has 0 bridgehead atoms.